The lowest BCUT2D eigenvalue weighted by atomic mass is 10.2. The van der Waals surface area contributed by atoms with Crippen molar-refractivity contribution in [3.05, 3.63) is 0 Å². The summed E-state index contributed by atoms with van der Waals surface area (Å²) in [5.41, 5.74) is 0. The Morgan fingerprint density at radius 3 is 2.23 bits per heavy atom. The van der Waals surface area contributed by atoms with E-state index in [2.05, 4.69) is 10.6 Å². The predicted octanol–water partition coefficient (Wildman–Crippen LogP) is -1.22. The van der Waals surface area contributed by atoms with Crippen molar-refractivity contribution in [1.29, 1.82) is 0 Å². The summed E-state index contributed by atoms with van der Waals surface area (Å²) in [6.45, 7) is -0.329. The normalized spacial score (nSPS) is 20.2. The Labute approximate surface area is 153 Å². The number of hydrogen-bond donors (Lipinski definition) is 2. The molecule has 148 valence electrons. The summed E-state index contributed by atoms with van der Waals surface area (Å²) in [7, 11) is 1.07. The van der Waals surface area contributed by atoms with E-state index in [0.29, 0.717) is 22.9 Å². The van der Waals surface area contributed by atoms with Crippen molar-refractivity contribution in [3.8, 4) is 0 Å². The minimum atomic E-state index is -4.54. The van der Waals surface area contributed by atoms with Crippen LogP contribution in [-0.4, -0.2) is 97.0 Å². The van der Waals surface area contributed by atoms with E-state index < -0.39 is 49.1 Å². The Kier molecular flexibility index (Phi) is 7.35. The molecule has 1 atom stereocenters. The van der Waals surface area contributed by atoms with Crippen LogP contribution in [0.4, 0.5) is 18.0 Å². The second kappa shape index (κ2) is 8.64. The first-order valence-corrected chi connectivity index (χ1v) is 7.54. The van der Waals surface area contributed by atoms with Gasteiger partial charge in [0, 0.05) is 39.8 Å². The molecule has 0 spiro atoms. The summed E-state index contributed by atoms with van der Waals surface area (Å²) < 4.78 is 39.6. The number of likely N-dealkylation sites (N-methyl/N-ethyl adjacent to an activating group) is 1. The highest BCUT2D eigenvalue weighted by Gasteiger charge is 2.45. The van der Waals surface area contributed by atoms with Gasteiger partial charge in [0.15, 0.2) is 0 Å². The third-order valence-electron chi connectivity index (χ3n) is 4.02. The van der Waals surface area contributed by atoms with Gasteiger partial charge in [-0.1, -0.05) is 0 Å². The van der Waals surface area contributed by atoms with Gasteiger partial charge in [-0.3, -0.25) is 24.2 Å². The van der Waals surface area contributed by atoms with E-state index in [1.54, 1.807) is 0 Å². The molecule has 2 N–H and O–H groups in total. The van der Waals surface area contributed by atoms with Crippen LogP contribution in [0.5, 0.6) is 0 Å². The molecule has 0 aromatic heterocycles. The number of hydrogen-bond acceptors (Lipinski definition) is 6. The molecule has 2 fully saturated rings. The van der Waals surface area contributed by atoms with E-state index in [1.807, 2.05) is 0 Å². The van der Waals surface area contributed by atoms with Gasteiger partial charge < -0.3 is 10.6 Å². The third kappa shape index (κ3) is 4.83. The number of imide groups is 2. The highest BCUT2D eigenvalue weighted by Crippen LogP contribution is 2.24. The number of halogens is 4. The molecule has 0 bridgehead atoms. The molecule has 0 saturated carbocycles. The molecule has 2 rings (SSSR count). The van der Waals surface area contributed by atoms with Crippen LogP contribution in [0.15, 0.2) is 0 Å². The average Bonchev–Trinajstić information content (AvgIpc) is 2.73. The van der Waals surface area contributed by atoms with E-state index in [9.17, 15) is 32.3 Å². The number of nitrogens with one attached hydrogen (secondary N) is 2. The minimum absolute atomic E-state index is 0. The summed E-state index contributed by atoms with van der Waals surface area (Å²) in [5, 5.41) is 5.02. The van der Waals surface area contributed by atoms with Gasteiger partial charge in [0.25, 0.3) is 0 Å². The summed E-state index contributed by atoms with van der Waals surface area (Å²) >= 11 is 0. The number of urea groups is 1. The highest BCUT2D eigenvalue weighted by molar-refractivity contribution is 6.44. The molecule has 0 aromatic rings. The zero-order valence-electron chi connectivity index (χ0n) is 13.8. The zero-order valence-corrected chi connectivity index (χ0v) is 14.7. The van der Waals surface area contributed by atoms with Gasteiger partial charge in [0.2, 0.25) is 5.91 Å². The van der Waals surface area contributed by atoms with Crippen LogP contribution in [0, 0.1) is 0 Å². The molecule has 2 aliphatic rings. The second-order valence-electron chi connectivity index (χ2n) is 5.69. The molecule has 2 heterocycles. The summed E-state index contributed by atoms with van der Waals surface area (Å²) in [6.07, 6.45) is -4.54. The van der Waals surface area contributed by atoms with Gasteiger partial charge in [-0.15, -0.1) is 12.4 Å². The van der Waals surface area contributed by atoms with Crippen molar-refractivity contribution in [2.75, 3.05) is 46.3 Å². The average molecular weight is 402 g/mol. The van der Waals surface area contributed by atoms with Crippen molar-refractivity contribution in [2.24, 2.45) is 0 Å². The maximum absolute atomic E-state index is 13.2. The lowest BCUT2D eigenvalue weighted by Gasteiger charge is -2.36. The van der Waals surface area contributed by atoms with Gasteiger partial charge in [-0.2, -0.15) is 13.2 Å². The van der Waals surface area contributed by atoms with Gasteiger partial charge in [-0.05, 0) is 0 Å². The van der Waals surface area contributed by atoms with Crippen molar-refractivity contribution >= 4 is 36.2 Å². The predicted molar refractivity (Wildman–Crippen MR) is 84.4 cm³/mol. The Morgan fingerprint density at radius 2 is 1.77 bits per heavy atom. The van der Waals surface area contributed by atoms with Gasteiger partial charge in [0.05, 0.1) is 0 Å². The van der Waals surface area contributed by atoms with E-state index in [-0.39, 0.29) is 25.5 Å². The zero-order chi connectivity index (χ0) is 18.8. The van der Waals surface area contributed by atoms with E-state index in [4.69, 9.17) is 0 Å². The Hall–Kier alpha value is -1.92. The van der Waals surface area contributed by atoms with Crippen molar-refractivity contribution in [3.63, 3.8) is 0 Å². The molecule has 0 aromatic carbocycles. The third-order valence-corrected chi connectivity index (χ3v) is 4.02. The fraction of sp³-hybridized carbons (Fsp3) is 0.692. The molecular formula is C13H19ClF3N5O4. The largest absolute Gasteiger partial charge is 0.405 e. The number of nitrogens with zero attached hydrogens (tertiary/aromatic N) is 3. The number of carbonyl (C=O) groups excluding carboxylic acids is 4. The summed E-state index contributed by atoms with van der Waals surface area (Å²) in [5.74, 6) is -3.22. The second-order valence-corrected chi connectivity index (χ2v) is 5.69. The fourth-order valence-corrected chi connectivity index (χ4v) is 2.61. The lowest BCUT2D eigenvalue weighted by Crippen LogP contribution is -2.58. The van der Waals surface area contributed by atoms with E-state index in [0.717, 1.165) is 7.05 Å². The Balaban J connectivity index is 0.00000338. The van der Waals surface area contributed by atoms with Crippen molar-refractivity contribution in [2.45, 2.75) is 12.2 Å². The standard InChI is InChI=1S/C13H18F3N5O4.ClH/c1-19-10(23)11(24)21(12(19)25)7-9(22)18-6-8(13(14,15)16)20-4-2-17-3-5-20;/h8,17H,2-7H2,1H3,(H,18,22);1H. The number of carbonyl (C=O) groups is 4. The van der Waals surface area contributed by atoms with Crippen molar-refractivity contribution in [1.82, 2.24) is 25.3 Å². The van der Waals surface area contributed by atoms with E-state index >= 15 is 0 Å². The number of rotatable bonds is 5. The summed E-state index contributed by atoms with van der Waals surface area (Å²) in [4.78, 5) is 48.5. The molecule has 1 unspecified atom stereocenters. The first kappa shape index (κ1) is 22.1. The maximum Gasteiger partial charge on any atom is 0.405 e. The van der Waals surface area contributed by atoms with Gasteiger partial charge >= 0.3 is 24.0 Å². The van der Waals surface area contributed by atoms with Gasteiger partial charge in [-0.25, -0.2) is 9.69 Å². The molecular weight excluding hydrogens is 383 g/mol. The SMILES string of the molecule is CN1C(=O)C(=O)N(CC(=O)NCC(N2CCNCC2)C(F)(F)F)C1=O.Cl. The first-order chi connectivity index (χ1) is 11.6. The summed E-state index contributed by atoms with van der Waals surface area (Å²) in [6, 6.07) is -2.85. The van der Waals surface area contributed by atoms with E-state index in [1.165, 1.54) is 4.90 Å². The molecule has 26 heavy (non-hydrogen) atoms. The number of alkyl halides is 3. The molecule has 13 heteroatoms. The Morgan fingerprint density at radius 1 is 1.19 bits per heavy atom. The van der Waals surface area contributed by atoms with Crippen LogP contribution < -0.4 is 10.6 Å². The van der Waals surface area contributed by atoms with Crippen LogP contribution in [0.2, 0.25) is 0 Å². The van der Waals surface area contributed by atoms with Crippen LogP contribution in [0.1, 0.15) is 0 Å². The fourth-order valence-electron chi connectivity index (χ4n) is 2.61. The van der Waals surface area contributed by atoms with Crippen LogP contribution in [0.3, 0.4) is 0 Å². The molecule has 0 radical (unpaired) electrons. The molecule has 2 aliphatic heterocycles. The molecule has 0 aliphatic carbocycles. The Bertz CT molecular complexity index is 583. The minimum Gasteiger partial charge on any atom is -0.353 e. The van der Waals surface area contributed by atoms with Crippen LogP contribution >= 0.6 is 12.4 Å². The number of amides is 5. The topological polar surface area (TPSA) is 102 Å². The molecule has 2 saturated heterocycles. The highest BCUT2D eigenvalue weighted by atomic mass is 35.5. The van der Waals surface area contributed by atoms with Crippen LogP contribution in [-0.2, 0) is 14.4 Å². The monoisotopic (exact) mass is 401 g/mol. The maximum atomic E-state index is 13.2. The number of piperazine rings is 1. The molecule has 9 nitrogen and oxygen atoms in total. The quantitative estimate of drug-likeness (QED) is 0.442. The van der Waals surface area contributed by atoms with Gasteiger partial charge in [0.1, 0.15) is 12.6 Å². The first-order valence-electron chi connectivity index (χ1n) is 7.54. The van der Waals surface area contributed by atoms with Crippen LogP contribution in [0.25, 0.3) is 0 Å². The molecule has 5 amide bonds. The lowest BCUT2D eigenvalue weighted by molar-refractivity contribution is -0.184. The van der Waals surface area contributed by atoms with Crippen molar-refractivity contribution < 1.29 is 32.3 Å². The smallest absolute Gasteiger partial charge is 0.353 e.